The van der Waals surface area contributed by atoms with Gasteiger partial charge in [0.2, 0.25) is 0 Å². The Bertz CT molecular complexity index is 128. The summed E-state index contributed by atoms with van der Waals surface area (Å²) < 4.78 is 5.55. The number of nitrogens with zero attached hydrogens (tertiary/aromatic N) is 1. The molecule has 1 aliphatic carbocycles. The van der Waals surface area contributed by atoms with Gasteiger partial charge in [-0.1, -0.05) is 15.9 Å². The van der Waals surface area contributed by atoms with E-state index in [1.54, 1.807) is 0 Å². The highest BCUT2D eigenvalue weighted by atomic mass is 79.9. The smallest absolute Gasteiger partial charge is 0.0593 e. The number of halogens is 1. The van der Waals surface area contributed by atoms with E-state index in [1.165, 1.54) is 19.3 Å². The predicted molar refractivity (Wildman–Crippen MR) is 59.5 cm³/mol. The Morgan fingerprint density at radius 3 is 2.77 bits per heavy atom. The van der Waals surface area contributed by atoms with E-state index in [1.807, 2.05) is 0 Å². The Hall–Kier alpha value is 0.400. The molecule has 3 heteroatoms. The molecule has 0 aromatic rings. The SMILES string of the molecule is CN(CCCBr)CCOCC1CC1. The van der Waals surface area contributed by atoms with E-state index >= 15 is 0 Å². The second-order valence-electron chi connectivity index (χ2n) is 3.86. The van der Waals surface area contributed by atoms with Crippen molar-refractivity contribution < 1.29 is 4.74 Å². The van der Waals surface area contributed by atoms with E-state index < -0.39 is 0 Å². The molecule has 1 saturated carbocycles. The molecule has 0 atom stereocenters. The number of hydrogen-bond donors (Lipinski definition) is 0. The highest BCUT2D eigenvalue weighted by Crippen LogP contribution is 2.28. The van der Waals surface area contributed by atoms with Gasteiger partial charge in [-0.3, -0.25) is 0 Å². The van der Waals surface area contributed by atoms with Crippen LogP contribution in [0.1, 0.15) is 19.3 Å². The van der Waals surface area contributed by atoms with Crippen molar-refractivity contribution in [1.29, 1.82) is 0 Å². The van der Waals surface area contributed by atoms with Crippen LogP contribution in [-0.4, -0.2) is 43.6 Å². The van der Waals surface area contributed by atoms with Gasteiger partial charge < -0.3 is 9.64 Å². The van der Waals surface area contributed by atoms with Crippen LogP contribution in [0.4, 0.5) is 0 Å². The van der Waals surface area contributed by atoms with Crippen molar-refractivity contribution in [3.05, 3.63) is 0 Å². The molecular weight excluding hydrogens is 230 g/mol. The molecule has 0 amide bonds. The largest absolute Gasteiger partial charge is 0.380 e. The third-order valence-electron chi connectivity index (χ3n) is 2.34. The molecule has 0 aromatic carbocycles. The van der Waals surface area contributed by atoms with E-state index in [2.05, 4.69) is 27.9 Å². The predicted octanol–water partition coefficient (Wildman–Crippen LogP) is 2.13. The molecule has 1 rings (SSSR count). The minimum atomic E-state index is 0.896. The Labute approximate surface area is 89.8 Å². The van der Waals surface area contributed by atoms with Gasteiger partial charge in [-0.15, -0.1) is 0 Å². The van der Waals surface area contributed by atoms with Gasteiger partial charge >= 0.3 is 0 Å². The second-order valence-corrected chi connectivity index (χ2v) is 4.66. The van der Waals surface area contributed by atoms with E-state index in [4.69, 9.17) is 4.74 Å². The maximum Gasteiger partial charge on any atom is 0.0593 e. The minimum absolute atomic E-state index is 0.896. The van der Waals surface area contributed by atoms with Crippen LogP contribution >= 0.6 is 15.9 Å². The lowest BCUT2D eigenvalue weighted by Crippen LogP contribution is -2.24. The molecule has 1 fully saturated rings. The lowest BCUT2D eigenvalue weighted by Gasteiger charge is -2.15. The van der Waals surface area contributed by atoms with Crippen LogP contribution in [0.5, 0.6) is 0 Å². The number of ether oxygens (including phenoxy) is 1. The van der Waals surface area contributed by atoms with Gasteiger partial charge in [-0.25, -0.2) is 0 Å². The van der Waals surface area contributed by atoms with Gasteiger partial charge in [0.15, 0.2) is 0 Å². The van der Waals surface area contributed by atoms with Crippen molar-refractivity contribution >= 4 is 15.9 Å². The quantitative estimate of drug-likeness (QED) is 0.483. The number of rotatable bonds is 8. The van der Waals surface area contributed by atoms with Gasteiger partial charge in [-0.05, 0) is 38.8 Å². The first-order valence-electron chi connectivity index (χ1n) is 5.15. The molecule has 2 nitrogen and oxygen atoms in total. The lowest BCUT2D eigenvalue weighted by atomic mass is 10.4. The van der Waals surface area contributed by atoms with Crippen LogP contribution in [-0.2, 0) is 4.74 Å². The molecule has 0 heterocycles. The number of hydrogen-bond acceptors (Lipinski definition) is 2. The topological polar surface area (TPSA) is 12.5 Å². The van der Waals surface area contributed by atoms with Gasteiger partial charge in [0.1, 0.15) is 0 Å². The molecule has 13 heavy (non-hydrogen) atoms. The molecule has 0 bridgehead atoms. The van der Waals surface area contributed by atoms with Crippen LogP contribution in [0.15, 0.2) is 0 Å². The molecule has 0 aromatic heterocycles. The Balaban J connectivity index is 1.79. The monoisotopic (exact) mass is 249 g/mol. The standard InChI is InChI=1S/C10H20BrNO/c1-12(6-2-5-11)7-8-13-9-10-3-4-10/h10H,2-9H2,1H3. The van der Waals surface area contributed by atoms with Gasteiger partial charge in [0.05, 0.1) is 6.61 Å². The number of likely N-dealkylation sites (N-methyl/N-ethyl adjacent to an activating group) is 1. The first kappa shape index (κ1) is 11.5. The summed E-state index contributed by atoms with van der Waals surface area (Å²) in [7, 11) is 2.16. The molecule has 0 aliphatic heterocycles. The fraction of sp³-hybridized carbons (Fsp3) is 1.00. The Morgan fingerprint density at radius 2 is 2.15 bits per heavy atom. The molecule has 0 spiro atoms. The van der Waals surface area contributed by atoms with Gasteiger partial charge in [0.25, 0.3) is 0 Å². The third kappa shape index (κ3) is 6.47. The van der Waals surface area contributed by atoms with E-state index in [0.717, 1.165) is 37.6 Å². The molecule has 0 radical (unpaired) electrons. The van der Waals surface area contributed by atoms with Crippen LogP contribution < -0.4 is 0 Å². The maximum atomic E-state index is 5.55. The van der Waals surface area contributed by atoms with Crippen molar-refractivity contribution in [2.75, 3.05) is 38.7 Å². The van der Waals surface area contributed by atoms with Gasteiger partial charge in [-0.2, -0.15) is 0 Å². The summed E-state index contributed by atoms with van der Waals surface area (Å²) in [4.78, 5) is 2.33. The zero-order valence-electron chi connectivity index (χ0n) is 8.47. The highest BCUT2D eigenvalue weighted by Gasteiger charge is 2.20. The Morgan fingerprint density at radius 1 is 1.38 bits per heavy atom. The van der Waals surface area contributed by atoms with Gasteiger partial charge in [0, 0.05) is 18.5 Å². The molecule has 0 saturated heterocycles. The molecular formula is C10H20BrNO. The third-order valence-corrected chi connectivity index (χ3v) is 2.90. The average Bonchev–Trinajstić information content (AvgIpc) is 2.92. The maximum absolute atomic E-state index is 5.55. The van der Waals surface area contributed by atoms with Crippen LogP contribution in [0.25, 0.3) is 0 Å². The zero-order chi connectivity index (χ0) is 9.52. The minimum Gasteiger partial charge on any atom is -0.380 e. The molecule has 0 N–H and O–H groups in total. The summed E-state index contributed by atoms with van der Waals surface area (Å²) in [5, 5.41) is 1.10. The summed E-state index contributed by atoms with van der Waals surface area (Å²) in [6.07, 6.45) is 4.00. The molecule has 0 unspecified atom stereocenters. The van der Waals surface area contributed by atoms with E-state index in [0.29, 0.717) is 0 Å². The van der Waals surface area contributed by atoms with E-state index in [-0.39, 0.29) is 0 Å². The fourth-order valence-corrected chi connectivity index (χ4v) is 1.45. The first-order valence-corrected chi connectivity index (χ1v) is 6.27. The lowest BCUT2D eigenvalue weighted by molar-refractivity contribution is 0.103. The highest BCUT2D eigenvalue weighted by molar-refractivity contribution is 9.09. The first-order chi connectivity index (χ1) is 6.33. The van der Waals surface area contributed by atoms with Crippen LogP contribution in [0, 0.1) is 5.92 Å². The van der Waals surface area contributed by atoms with E-state index in [9.17, 15) is 0 Å². The second kappa shape index (κ2) is 6.80. The fourth-order valence-electron chi connectivity index (χ4n) is 1.20. The van der Waals surface area contributed by atoms with Crippen molar-refractivity contribution in [2.24, 2.45) is 5.92 Å². The van der Waals surface area contributed by atoms with Crippen LogP contribution in [0.3, 0.4) is 0 Å². The normalized spacial score (nSPS) is 16.8. The van der Waals surface area contributed by atoms with Crippen molar-refractivity contribution in [2.45, 2.75) is 19.3 Å². The van der Waals surface area contributed by atoms with Crippen molar-refractivity contribution in [3.8, 4) is 0 Å². The average molecular weight is 250 g/mol. The Kier molecular flexibility index (Phi) is 6.00. The van der Waals surface area contributed by atoms with Crippen molar-refractivity contribution in [3.63, 3.8) is 0 Å². The molecule has 1 aliphatic rings. The zero-order valence-corrected chi connectivity index (χ0v) is 10.1. The molecule has 78 valence electrons. The summed E-state index contributed by atoms with van der Waals surface area (Å²) >= 11 is 3.43. The van der Waals surface area contributed by atoms with Crippen molar-refractivity contribution in [1.82, 2.24) is 4.90 Å². The summed E-state index contributed by atoms with van der Waals surface area (Å²) in [6.45, 7) is 4.12. The number of alkyl halides is 1. The summed E-state index contributed by atoms with van der Waals surface area (Å²) in [5.41, 5.74) is 0. The van der Waals surface area contributed by atoms with Crippen LogP contribution in [0.2, 0.25) is 0 Å². The summed E-state index contributed by atoms with van der Waals surface area (Å²) in [5.74, 6) is 0.896. The summed E-state index contributed by atoms with van der Waals surface area (Å²) in [6, 6.07) is 0.